The summed E-state index contributed by atoms with van der Waals surface area (Å²) < 4.78 is 75.6. The molecule has 306 valence electrons. The van der Waals surface area contributed by atoms with E-state index in [1.807, 2.05) is 0 Å². The molecule has 0 rings (SSSR count). The molecule has 51 heavy (non-hydrogen) atoms. The molecule has 0 amide bonds. The van der Waals surface area contributed by atoms with Gasteiger partial charge in [0.05, 0.1) is 179 Å². The minimum absolute atomic E-state index is 0.244. The Bertz CT molecular complexity index is 648. The summed E-state index contributed by atoms with van der Waals surface area (Å²) in [6.45, 7) is 15.7. The average molecular weight is 745 g/mol. The largest absolute Gasteiger partial charge is 0.469 e. The molecular weight excluding hydrogens is 672 g/mol. The van der Waals surface area contributed by atoms with E-state index < -0.39 is 0 Å². The Morgan fingerprint density at radius 1 is 0.294 bits per heavy atom. The van der Waals surface area contributed by atoms with Crippen LogP contribution in [0.3, 0.4) is 0 Å². The van der Waals surface area contributed by atoms with E-state index in [0.29, 0.717) is 165 Å². The second kappa shape index (κ2) is 47.0. The predicted octanol–water partition coefficient (Wildman–Crippen LogP) is 3.13. The third-order valence-electron chi connectivity index (χ3n) is 6.78. The first-order valence-corrected chi connectivity index (χ1v) is 18.9. The number of carbonyl (C=O) groups is 1. The smallest absolute Gasteiger partial charge is 0.307 e. The molecule has 0 saturated heterocycles. The number of rotatable bonds is 46. The summed E-state index contributed by atoms with van der Waals surface area (Å²) in [7, 11) is 1.35. The lowest BCUT2D eigenvalue weighted by Crippen LogP contribution is -2.15. The van der Waals surface area contributed by atoms with Crippen LogP contribution in [-0.2, 0) is 71.1 Å². The predicted molar refractivity (Wildman–Crippen MR) is 191 cm³/mol. The summed E-state index contributed by atoms with van der Waals surface area (Å²) in [4.78, 5) is 10.9. The second-order valence-corrected chi connectivity index (χ2v) is 11.1. The van der Waals surface area contributed by atoms with Crippen molar-refractivity contribution in [2.45, 2.75) is 51.9 Å². The van der Waals surface area contributed by atoms with Crippen molar-refractivity contribution in [2.75, 3.05) is 179 Å². The molecule has 0 radical (unpaired) electrons. The van der Waals surface area contributed by atoms with Crippen LogP contribution in [0.2, 0.25) is 0 Å². The number of carbonyl (C=O) groups excluding carboxylic acids is 1. The zero-order valence-electron chi connectivity index (χ0n) is 32.0. The van der Waals surface area contributed by atoms with E-state index in [2.05, 4.69) is 11.7 Å². The highest BCUT2D eigenvalue weighted by atomic mass is 16.6. The monoisotopic (exact) mass is 744 g/mol. The van der Waals surface area contributed by atoms with Gasteiger partial charge in [-0.2, -0.15) is 0 Å². The van der Waals surface area contributed by atoms with Gasteiger partial charge in [-0.3, -0.25) is 4.79 Å². The zero-order chi connectivity index (χ0) is 36.8. The van der Waals surface area contributed by atoms with Crippen LogP contribution in [0.4, 0.5) is 0 Å². The van der Waals surface area contributed by atoms with Crippen molar-refractivity contribution in [3.63, 3.8) is 0 Å². The van der Waals surface area contributed by atoms with Gasteiger partial charge in [0, 0.05) is 6.61 Å². The first-order chi connectivity index (χ1) is 25.3. The normalized spacial score (nSPS) is 11.5. The molecule has 0 aromatic rings. The number of unbranched alkanes of at least 4 members (excludes halogenated alkanes) is 5. The standard InChI is InChI=1S/C36H72O15/c1-3-4-5-6-7-8-10-39-12-14-41-16-18-43-20-22-45-24-26-47-28-30-49-32-34-51-35-33-50-31-29-48-27-25-46-23-21-44-19-17-42-15-13-40-11-9-36(37)38-2/h3-35H2,1-2H3. The first kappa shape index (κ1) is 49.9. The Balaban J connectivity index is 3.05. The molecule has 0 aliphatic rings. The SMILES string of the molecule is CCCCCCCCOCCOCCOCCOCCOCCOCCOCCOCCOCCOCCOCCOCCOCCC(=O)OC. The molecule has 0 aliphatic carbocycles. The van der Waals surface area contributed by atoms with Crippen LogP contribution in [0.15, 0.2) is 0 Å². The summed E-state index contributed by atoms with van der Waals surface area (Å²) >= 11 is 0. The molecule has 0 bridgehead atoms. The maximum Gasteiger partial charge on any atom is 0.307 e. The molecule has 0 aromatic carbocycles. The number of hydrogen-bond acceptors (Lipinski definition) is 15. The van der Waals surface area contributed by atoms with Crippen molar-refractivity contribution in [3.05, 3.63) is 0 Å². The summed E-state index contributed by atoms with van der Waals surface area (Å²) in [5, 5.41) is 0. The lowest BCUT2D eigenvalue weighted by molar-refractivity contribution is -0.141. The van der Waals surface area contributed by atoms with Gasteiger partial charge in [-0.25, -0.2) is 0 Å². The minimum atomic E-state index is -0.286. The first-order valence-electron chi connectivity index (χ1n) is 18.9. The van der Waals surface area contributed by atoms with Crippen LogP contribution in [-0.4, -0.2) is 185 Å². The van der Waals surface area contributed by atoms with Crippen molar-refractivity contribution in [1.29, 1.82) is 0 Å². The Labute approximate surface area is 307 Å². The number of hydrogen-bond donors (Lipinski definition) is 0. The highest BCUT2D eigenvalue weighted by molar-refractivity contribution is 5.69. The third kappa shape index (κ3) is 46.9. The lowest BCUT2D eigenvalue weighted by Gasteiger charge is -2.09. The Morgan fingerprint density at radius 2 is 0.510 bits per heavy atom. The third-order valence-corrected chi connectivity index (χ3v) is 6.78. The van der Waals surface area contributed by atoms with Gasteiger partial charge in [0.2, 0.25) is 0 Å². The molecule has 15 heteroatoms. The molecule has 15 nitrogen and oxygen atoms in total. The van der Waals surface area contributed by atoms with Gasteiger partial charge in [-0.05, 0) is 6.42 Å². The van der Waals surface area contributed by atoms with Crippen LogP contribution in [0.25, 0.3) is 0 Å². The molecule has 0 unspecified atom stereocenters. The average Bonchev–Trinajstić information content (AvgIpc) is 3.14. The van der Waals surface area contributed by atoms with Gasteiger partial charge < -0.3 is 66.3 Å². The fourth-order valence-corrected chi connectivity index (χ4v) is 3.98. The van der Waals surface area contributed by atoms with Crippen LogP contribution in [0.1, 0.15) is 51.9 Å². The quantitative estimate of drug-likeness (QED) is 0.0664. The van der Waals surface area contributed by atoms with E-state index in [1.165, 1.54) is 39.2 Å². The van der Waals surface area contributed by atoms with Gasteiger partial charge in [0.25, 0.3) is 0 Å². The maximum absolute atomic E-state index is 10.9. The van der Waals surface area contributed by atoms with Crippen molar-refractivity contribution in [1.82, 2.24) is 0 Å². The van der Waals surface area contributed by atoms with E-state index in [1.54, 1.807) is 0 Å². The molecule has 0 saturated carbocycles. The van der Waals surface area contributed by atoms with E-state index in [0.717, 1.165) is 13.0 Å². The lowest BCUT2D eigenvalue weighted by atomic mass is 10.1. The molecule has 0 spiro atoms. The Morgan fingerprint density at radius 3 is 0.765 bits per heavy atom. The highest BCUT2D eigenvalue weighted by Gasteiger charge is 2.00. The molecule has 0 fully saturated rings. The maximum atomic E-state index is 10.9. The summed E-state index contributed by atoms with van der Waals surface area (Å²) in [5.74, 6) is -0.286. The van der Waals surface area contributed by atoms with Crippen molar-refractivity contribution < 1.29 is 71.1 Å². The van der Waals surface area contributed by atoms with Crippen LogP contribution in [0, 0.1) is 0 Å². The van der Waals surface area contributed by atoms with Crippen LogP contribution >= 0.6 is 0 Å². The molecule has 0 atom stereocenters. The van der Waals surface area contributed by atoms with Gasteiger partial charge in [-0.15, -0.1) is 0 Å². The number of methoxy groups -OCH3 is 1. The molecular formula is C36H72O15. The van der Waals surface area contributed by atoms with Gasteiger partial charge in [0.1, 0.15) is 0 Å². The topological polar surface area (TPSA) is 146 Å². The summed E-state index contributed by atoms with van der Waals surface area (Å²) in [6.07, 6.45) is 7.91. The highest BCUT2D eigenvalue weighted by Crippen LogP contribution is 2.04. The van der Waals surface area contributed by atoms with E-state index in [4.69, 9.17) is 61.6 Å². The Hall–Kier alpha value is -1.05. The second-order valence-electron chi connectivity index (χ2n) is 11.1. The van der Waals surface area contributed by atoms with Gasteiger partial charge >= 0.3 is 5.97 Å². The van der Waals surface area contributed by atoms with Crippen LogP contribution in [0.5, 0.6) is 0 Å². The van der Waals surface area contributed by atoms with Gasteiger partial charge in [0.15, 0.2) is 0 Å². The molecule has 0 N–H and O–H groups in total. The number of ether oxygens (including phenoxy) is 14. The van der Waals surface area contributed by atoms with Crippen LogP contribution < -0.4 is 0 Å². The summed E-state index contributed by atoms with van der Waals surface area (Å²) in [5.41, 5.74) is 0. The van der Waals surface area contributed by atoms with E-state index in [-0.39, 0.29) is 12.4 Å². The van der Waals surface area contributed by atoms with E-state index >= 15 is 0 Å². The zero-order valence-corrected chi connectivity index (χ0v) is 32.0. The van der Waals surface area contributed by atoms with Crippen molar-refractivity contribution in [3.8, 4) is 0 Å². The van der Waals surface area contributed by atoms with Gasteiger partial charge in [-0.1, -0.05) is 39.0 Å². The fraction of sp³-hybridized carbons (Fsp3) is 0.972. The minimum Gasteiger partial charge on any atom is -0.469 e. The Kier molecular flexibility index (Phi) is 46.0. The van der Waals surface area contributed by atoms with Crippen molar-refractivity contribution in [2.24, 2.45) is 0 Å². The summed E-state index contributed by atoms with van der Waals surface area (Å²) in [6, 6.07) is 0. The molecule has 0 aromatic heterocycles. The molecule has 0 aliphatic heterocycles. The number of esters is 1. The van der Waals surface area contributed by atoms with E-state index in [9.17, 15) is 4.79 Å². The molecule has 0 heterocycles. The fourth-order valence-electron chi connectivity index (χ4n) is 3.98. The van der Waals surface area contributed by atoms with Crippen molar-refractivity contribution >= 4 is 5.97 Å².